The van der Waals surface area contributed by atoms with Crippen LogP contribution < -0.4 is 5.32 Å². The van der Waals surface area contributed by atoms with Crippen molar-refractivity contribution < 1.29 is 4.74 Å². The molecule has 0 atom stereocenters. The SMILES string of the molecule is CCCNCc1ccc(SC2COC2)cc1C. The molecule has 0 aliphatic carbocycles. The fourth-order valence-corrected chi connectivity index (χ4v) is 2.92. The van der Waals surface area contributed by atoms with Gasteiger partial charge in [-0.25, -0.2) is 0 Å². The molecule has 17 heavy (non-hydrogen) atoms. The first kappa shape index (κ1) is 12.9. The van der Waals surface area contributed by atoms with Crippen LogP contribution in [0.5, 0.6) is 0 Å². The van der Waals surface area contributed by atoms with E-state index in [-0.39, 0.29) is 0 Å². The summed E-state index contributed by atoms with van der Waals surface area (Å²) in [5.41, 5.74) is 2.80. The van der Waals surface area contributed by atoms with Crippen LogP contribution in [0, 0.1) is 6.92 Å². The Labute approximate surface area is 108 Å². The number of hydrogen-bond donors (Lipinski definition) is 1. The number of benzene rings is 1. The van der Waals surface area contributed by atoms with Crippen molar-refractivity contribution in [3.63, 3.8) is 0 Å². The van der Waals surface area contributed by atoms with Crippen LogP contribution in [0.25, 0.3) is 0 Å². The van der Waals surface area contributed by atoms with Gasteiger partial charge in [-0.05, 0) is 43.1 Å². The summed E-state index contributed by atoms with van der Waals surface area (Å²) in [5.74, 6) is 0. The van der Waals surface area contributed by atoms with Crippen LogP contribution in [0.4, 0.5) is 0 Å². The Bertz CT molecular complexity index is 363. The lowest BCUT2D eigenvalue weighted by Gasteiger charge is -2.25. The number of thioether (sulfide) groups is 1. The normalized spacial score (nSPS) is 15.9. The molecular formula is C14H21NOS. The van der Waals surface area contributed by atoms with Gasteiger partial charge in [0.1, 0.15) is 0 Å². The van der Waals surface area contributed by atoms with Gasteiger partial charge < -0.3 is 10.1 Å². The predicted molar refractivity (Wildman–Crippen MR) is 73.6 cm³/mol. The summed E-state index contributed by atoms with van der Waals surface area (Å²) in [5, 5.41) is 4.11. The molecule has 0 spiro atoms. The molecule has 1 fully saturated rings. The van der Waals surface area contributed by atoms with Gasteiger partial charge >= 0.3 is 0 Å². The van der Waals surface area contributed by atoms with Crippen LogP contribution in [-0.2, 0) is 11.3 Å². The van der Waals surface area contributed by atoms with Crippen LogP contribution in [0.3, 0.4) is 0 Å². The summed E-state index contributed by atoms with van der Waals surface area (Å²) in [6.07, 6.45) is 1.19. The second kappa shape index (κ2) is 6.43. The third-order valence-electron chi connectivity index (χ3n) is 2.97. The Hall–Kier alpha value is -0.510. The van der Waals surface area contributed by atoms with Gasteiger partial charge in [0.05, 0.1) is 18.5 Å². The minimum Gasteiger partial charge on any atom is -0.379 e. The first-order valence-electron chi connectivity index (χ1n) is 6.34. The van der Waals surface area contributed by atoms with Gasteiger partial charge in [-0.1, -0.05) is 13.0 Å². The van der Waals surface area contributed by atoms with Crippen molar-refractivity contribution in [2.45, 2.75) is 37.0 Å². The van der Waals surface area contributed by atoms with E-state index in [1.807, 2.05) is 11.8 Å². The Morgan fingerprint density at radius 3 is 2.82 bits per heavy atom. The molecule has 0 bridgehead atoms. The van der Waals surface area contributed by atoms with E-state index in [0.29, 0.717) is 5.25 Å². The van der Waals surface area contributed by atoms with Gasteiger partial charge in [0, 0.05) is 11.4 Å². The van der Waals surface area contributed by atoms with Crippen LogP contribution in [0.1, 0.15) is 24.5 Å². The molecule has 1 N–H and O–H groups in total. The lowest BCUT2D eigenvalue weighted by atomic mass is 10.1. The molecule has 1 aliphatic rings. The maximum atomic E-state index is 5.20. The zero-order chi connectivity index (χ0) is 12.1. The lowest BCUT2D eigenvalue weighted by molar-refractivity contribution is 0.0455. The number of ether oxygens (including phenoxy) is 1. The van der Waals surface area contributed by atoms with Gasteiger partial charge in [0.2, 0.25) is 0 Å². The van der Waals surface area contributed by atoms with Gasteiger partial charge in [0.15, 0.2) is 0 Å². The average Bonchev–Trinajstić information content (AvgIpc) is 2.27. The summed E-state index contributed by atoms with van der Waals surface area (Å²) >= 11 is 1.94. The third-order valence-corrected chi connectivity index (χ3v) is 4.10. The smallest absolute Gasteiger partial charge is 0.0611 e. The second-order valence-electron chi connectivity index (χ2n) is 4.54. The number of hydrogen-bond acceptors (Lipinski definition) is 3. The summed E-state index contributed by atoms with van der Waals surface area (Å²) < 4.78 is 5.20. The zero-order valence-electron chi connectivity index (χ0n) is 10.7. The minimum absolute atomic E-state index is 0.665. The standard InChI is InChI=1S/C14H21NOS/c1-3-6-15-8-12-4-5-13(7-11(12)2)17-14-9-16-10-14/h4-5,7,14-15H,3,6,8-10H2,1-2H3. The number of rotatable bonds is 6. The van der Waals surface area contributed by atoms with Crippen LogP contribution in [-0.4, -0.2) is 25.0 Å². The summed E-state index contributed by atoms with van der Waals surface area (Å²) in [7, 11) is 0. The highest BCUT2D eigenvalue weighted by molar-refractivity contribution is 8.00. The van der Waals surface area contributed by atoms with E-state index in [9.17, 15) is 0 Å². The van der Waals surface area contributed by atoms with E-state index in [2.05, 4.69) is 37.4 Å². The molecule has 0 unspecified atom stereocenters. The van der Waals surface area contributed by atoms with Crippen molar-refractivity contribution in [3.8, 4) is 0 Å². The molecule has 1 aliphatic heterocycles. The molecule has 1 aromatic carbocycles. The predicted octanol–water partition coefficient (Wildman–Crippen LogP) is 2.99. The Kier molecular flexibility index (Phi) is 4.89. The molecule has 3 heteroatoms. The maximum absolute atomic E-state index is 5.20. The van der Waals surface area contributed by atoms with Crippen LogP contribution in [0.2, 0.25) is 0 Å². The van der Waals surface area contributed by atoms with Gasteiger partial charge in [-0.15, -0.1) is 11.8 Å². The van der Waals surface area contributed by atoms with E-state index in [1.54, 1.807) is 0 Å². The largest absolute Gasteiger partial charge is 0.379 e. The zero-order valence-corrected chi connectivity index (χ0v) is 11.5. The summed E-state index contributed by atoms with van der Waals surface area (Å²) in [6.45, 7) is 8.28. The number of nitrogens with one attached hydrogen (secondary N) is 1. The van der Waals surface area contributed by atoms with E-state index >= 15 is 0 Å². The van der Waals surface area contributed by atoms with E-state index in [4.69, 9.17) is 4.74 Å². The van der Waals surface area contributed by atoms with Crippen molar-refractivity contribution in [2.24, 2.45) is 0 Å². The molecule has 0 saturated carbocycles. The van der Waals surface area contributed by atoms with Crippen molar-refractivity contribution in [1.29, 1.82) is 0 Å². The molecule has 2 rings (SSSR count). The van der Waals surface area contributed by atoms with Gasteiger partial charge in [0.25, 0.3) is 0 Å². The first-order valence-corrected chi connectivity index (χ1v) is 7.22. The topological polar surface area (TPSA) is 21.3 Å². The molecular weight excluding hydrogens is 230 g/mol. The first-order chi connectivity index (χ1) is 8.29. The Morgan fingerprint density at radius 2 is 2.24 bits per heavy atom. The molecule has 1 saturated heterocycles. The fraction of sp³-hybridized carbons (Fsp3) is 0.571. The minimum atomic E-state index is 0.665. The molecule has 0 aromatic heterocycles. The molecule has 0 radical (unpaired) electrons. The van der Waals surface area contributed by atoms with E-state index in [1.165, 1.54) is 22.4 Å². The van der Waals surface area contributed by atoms with Crippen molar-refractivity contribution in [2.75, 3.05) is 19.8 Å². The highest BCUT2D eigenvalue weighted by Gasteiger charge is 2.19. The summed E-state index contributed by atoms with van der Waals surface area (Å²) in [6, 6.07) is 6.78. The molecule has 0 amide bonds. The molecule has 1 aromatic rings. The average molecular weight is 251 g/mol. The summed E-state index contributed by atoms with van der Waals surface area (Å²) in [4.78, 5) is 1.37. The van der Waals surface area contributed by atoms with Gasteiger partial charge in [-0.3, -0.25) is 0 Å². The van der Waals surface area contributed by atoms with Crippen molar-refractivity contribution >= 4 is 11.8 Å². The molecule has 1 heterocycles. The Balaban J connectivity index is 1.90. The highest BCUT2D eigenvalue weighted by Crippen LogP contribution is 2.29. The Morgan fingerprint density at radius 1 is 1.41 bits per heavy atom. The molecule has 94 valence electrons. The highest BCUT2D eigenvalue weighted by atomic mass is 32.2. The van der Waals surface area contributed by atoms with Crippen molar-refractivity contribution in [3.05, 3.63) is 29.3 Å². The monoisotopic (exact) mass is 251 g/mol. The quantitative estimate of drug-likeness (QED) is 0.785. The fourth-order valence-electron chi connectivity index (χ4n) is 1.81. The second-order valence-corrected chi connectivity index (χ2v) is 5.92. The number of aryl methyl sites for hydroxylation is 1. The van der Waals surface area contributed by atoms with Crippen molar-refractivity contribution in [1.82, 2.24) is 5.32 Å². The third kappa shape index (κ3) is 3.73. The van der Waals surface area contributed by atoms with E-state index in [0.717, 1.165) is 26.3 Å². The van der Waals surface area contributed by atoms with Crippen LogP contribution in [0.15, 0.2) is 23.1 Å². The van der Waals surface area contributed by atoms with E-state index < -0.39 is 0 Å². The molecule has 2 nitrogen and oxygen atoms in total. The van der Waals surface area contributed by atoms with Gasteiger partial charge in [-0.2, -0.15) is 0 Å². The maximum Gasteiger partial charge on any atom is 0.0611 e. The van der Waals surface area contributed by atoms with Crippen LogP contribution >= 0.6 is 11.8 Å². The lowest BCUT2D eigenvalue weighted by Crippen LogP contribution is -2.30.